The predicted molar refractivity (Wildman–Crippen MR) is 193 cm³/mol. The second kappa shape index (κ2) is 12.3. The van der Waals surface area contributed by atoms with Crippen molar-refractivity contribution in [1.29, 1.82) is 0 Å². The van der Waals surface area contributed by atoms with Gasteiger partial charge in [-0.2, -0.15) is 0 Å². The smallest absolute Gasteiger partial charge is 0.410 e. The number of hydrogen-bond donors (Lipinski definition) is 1. The highest BCUT2D eigenvalue weighted by atomic mass is 16.7. The fourth-order valence-electron chi connectivity index (χ4n) is 14.5. The summed E-state index contributed by atoms with van der Waals surface area (Å²) >= 11 is 0. The number of nitrogens with zero attached hydrogens (tertiary/aromatic N) is 2. The predicted octanol–water partition coefficient (Wildman–Crippen LogP) is 6.89. The minimum atomic E-state index is -0.541. The summed E-state index contributed by atoms with van der Waals surface area (Å²) in [5.74, 6) is 1.98. The molecule has 0 bridgehead atoms. The number of hydrogen-bond acceptors (Lipinski definition) is 7. The molecule has 8 rings (SSSR count). The molecule has 5 saturated carbocycles. The van der Waals surface area contributed by atoms with Gasteiger partial charge < -0.3 is 33.9 Å². The minimum Gasteiger partial charge on any atom is -0.443 e. The molecule has 0 radical (unpaired) electrons. The molecule has 8 unspecified atom stereocenters. The van der Waals surface area contributed by atoms with Crippen LogP contribution >= 0.6 is 0 Å². The number of fused-ring (bicyclic) bond motifs is 4. The number of aliphatic hydroxyl groups excluding tert-OH is 1. The number of likely N-dealkylation sites (tertiary alicyclic amines) is 1. The van der Waals surface area contributed by atoms with Crippen LogP contribution in [0.4, 0.5) is 4.79 Å². The Morgan fingerprint density at radius 2 is 1.61 bits per heavy atom. The lowest BCUT2D eigenvalue weighted by Crippen LogP contribution is -2.60. The van der Waals surface area contributed by atoms with E-state index < -0.39 is 6.10 Å². The Morgan fingerprint density at radius 3 is 2.27 bits per heavy atom. The van der Waals surface area contributed by atoms with Crippen molar-refractivity contribution in [2.24, 2.45) is 62.6 Å². The number of amides is 2. The Bertz CT molecular complexity index is 1380. The summed E-state index contributed by atoms with van der Waals surface area (Å²) in [5.41, 5.74) is 0.308. The molecule has 2 spiro atoms. The number of aliphatic hydroxyl groups is 1. The van der Waals surface area contributed by atoms with Gasteiger partial charge >= 0.3 is 6.09 Å². The summed E-state index contributed by atoms with van der Waals surface area (Å²) in [5, 5.41) is 12.7. The molecule has 2 amide bonds. The first-order valence-electron chi connectivity index (χ1n) is 20.9. The molecular weight excluding hydrogens is 644 g/mol. The van der Waals surface area contributed by atoms with Crippen LogP contribution in [0.1, 0.15) is 120 Å². The molecule has 0 aromatic carbocycles. The number of carbonyl (C=O) groups excluding carboxylic acids is 2. The minimum absolute atomic E-state index is 0.00541. The molecule has 5 aliphatic carbocycles. The Hall–Kier alpha value is -1.42. The van der Waals surface area contributed by atoms with Crippen LogP contribution in [-0.2, 0) is 23.7 Å². The molecule has 51 heavy (non-hydrogen) atoms. The molecule has 8 fully saturated rings. The van der Waals surface area contributed by atoms with Crippen molar-refractivity contribution in [3.05, 3.63) is 0 Å². The van der Waals surface area contributed by atoms with Crippen LogP contribution in [0.3, 0.4) is 0 Å². The highest BCUT2D eigenvalue weighted by Gasteiger charge is 2.84. The van der Waals surface area contributed by atoms with Gasteiger partial charge in [0.2, 0.25) is 5.91 Å². The van der Waals surface area contributed by atoms with Gasteiger partial charge in [0.1, 0.15) is 6.10 Å². The third kappa shape index (κ3) is 5.04. The summed E-state index contributed by atoms with van der Waals surface area (Å²) in [6.45, 7) is 23.6. The zero-order valence-corrected chi connectivity index (χ0v) is 33.1. The summed E-state index contributed by atoms with van der Waals surface area (Å²) in [6.07, 6.45) is 8.28. The first kappa shape index (κ1) is 36.6. The van der Waals surface area contributed by atoms with Crippen LogP contribution in [-0.4, -0.2) is 96.5 Å². The van der Waals surface area contributed by atoms with Crippen molar-refractivity contribution in [2.45, 2.75) is 157 Å². The highest BCUT2D eigenvalue weighted by Crippen LogP contribution is 2.89. The molecule has 0 aromatic heterocycles. The van der Waals surface area contributed by atoms with Gasteiger partial charge in [0.05, 0.1) is 37.6 Å². The van der Waals surface area contributed by atoms with Crippen LogP contribution in [0.5, 0.6) is 0 Å². The van der Waals surface area contributed by atoms with Crippen LogP contribution in [0.2, 0.25) is 0 Å². The van der Waals surface area contributed by atoms with E-state index >= 15 is 0 Å². The largest absolute Gasteiger partial charge is 0.443 e. The highest BCUT2D eigenvalue weighted by molar-refractivity contribution is 5.78. The van der Waals surface area contributed by atoms with Crippen LogP contribution < -0.4 is 0 Å². The summed E-state index contributed by atoms with van der Waals surface area (Å²) < 4.78 is 26.2. The van der Waals surface area contributed by atoms with Gasteiger partial charge in [-0.05, 0) is 109 Å². The van der Waals surface area contributed by atoms with E-state index in [1.54, 1.807) is 4.90 Å². The lowest BCUT2D eigenvalue weighted by atomic mass is 9.41. The van der Waals surface area contributed by atoms with Crippen molar-refractivity contribution in [2.75, 3.05) is 32.8 Å². The van der Waals surface area contributed by atoms with Gasteiger partial charge in [0.15, 0.2) is 6.29 Å². The first-order chi connectivity index (χ1) is 24.0. The van der Waals surface area contributed by atoms with Gasteiger partial charge in [-0.1, -0.05) is 62.3 Å². The topological polar surface area (TPSA) is 97.8 Å². The van der Waals surface area contributed by atoms with Crippen molar-refractivity contribution >= 4 is 12.0 Å². The second-order valence-electron chi connectivity index (χ2n) is 20.4. The van der Waals surface area contributed by atoms with Crippen molar-refractivity contribution in [3.8, 4) is 0 Å². The van der Waals surface area contributed by atoms with Gasteiger partial charge in [-0.15, -0.1) is 0 Å². The molecule has 9 heteroatoms. The quantitative estimate of drug-likeness (QED) is 0.320. The van der Waals surface area contributed by atoms with Crippen LogP contribution in [0.15, 0.2) is 0 Å². The van der Waals surface area contributed by atoms with Crippen molar-refractivity contribution in [3.63, 3.8) is 0 Å². The zero-order chi connectivity index (χ0) is 36.5. The van der Waals surface area contributed by atoms with E-state index in [0.29, 0.717) is 42.9 Å². The Morgan fingerprint density at radius 1 is 0.902 bits per heavy atom. The maximum Gasteiger partial charge on any atom is 0.410 e. The molecule has 3 heterocycles. The molecule has 3 saturated heterocycles. The number of ether oxygens (including phenoxy) is 4. The average Bonchev–Trinajstić information content (AvgIpc) is 3.68. The van der Waals surface area contributed by atoms with E-state index in [4.69, 9.17) is 18.9 Å². The third-order valence-electron chi connectivity index (χ3n) is 17.3. The molecule has 288 valence electrons. The van der Waals surface area contributed by atoms with Crippen LogP contribution in [0.25, 0.3) is 0 Å². The fraction of sp³-hybridized carbons (Fsp3) is 0.952. The standard InChI is InChI=1S/C42H68N2O7/c1-24(2)33(51-37(47)43-17-10-18-43)27-21-26(5)32-34(49-27)35(45)40(9)29-12-11-28-38(6,7)30(50-31-22-44(19-20-48-31)36(46)25(3)4)13-14-41(28)23-42(29,41)16-15-39(32,40)8/h24-35,45H,10-23H2,1-9H3/t26-,27?,28+,29?,30?,31+,32+,33?,34?,35+,39?,40-,41?,42?/m1/s1. The fourth-order valence-corrected chi connectivity index (χ4v) is 14.5. The molecule has 3 aliphatic heterocycles. The van der Waals surface area contributed by atoms with E-state index in [2.05, 4.69) is 48.5 Å². The molecule has 0 aromatic rings. The maximum atomic E-state index is 13.0. The number of rotatable bonds is 6. The van der Waals surface area contributed by atoms with E-state index in [9.17, 15) is 14.7 Å². The average molecular weight is 713 g/mol. The van der Waals surface area contributed by atoms with E-state index in [1.807, 2.05) is 18.7 Å². The second-order valence-corrected chi connectivity index (χ2v) is 20.4. The summed E-state index contributed by atoms with van der Waals surface area (Å²) in [4.78, 5) is 29.5. The number of carbonyl (C=O) groups is 2. The maximum absolute atomic E-state index is 13.0. The van der Waals surface area contributed by atoms with Gasteiger partial charge in [0, 0.05) is 31.0 Å². The van der Waals surface area contributed by atoms with Crippen molar-refractivity contribution in [1.82, 2.24) is 9.80 Å². The molecular formula is C42H68N2O7. The Labute approximate surface area is 307 Å². The third-order valence-corrected chi connectivity index (χ3v) is 17.3. The van der Waals surface area contributed by atoms with E-state index in [1.165, 1.54) is 19.3 Å². The van der Waals surface area contributed by atoms with Crippen molar-refractivity contribution < 1.29 is 33.6 Å². The van der Waals surface area contributed by atoms with Crippen LogP contribution in [0, 0.1) is 62.6 Å². The SMILES string of the molecule is CC(C)C(=O)N1CCO[C@@H](OC2CCC34CC35CCC3(C)[C@@H]6C(OC(C(OC(=O)N7CCC7)C(C)C)C[C@H]6C)[C@H](O)[C@@]3(C)C5CC[C@H]4C2(C)C)C1. The molecule has 9 nitrogen and oxygen atoms in total. The van der Waals surface area contributed by atoms with Gasteiger partial charge in [-0.3, -0.25) is 4.79 Å². The Kier molecular flexibility index (Phi) is 8.81. The lowest BCUT2D eigenvalue weighted by molar-refractivity contribution is -0.248. The van der Waals surface area contributed by atoms with E-state index in [0.717, 1.165) is 51.6 Å². The summed E-state index contributed by atoms with van der Waals surface area (Å²) in [6, 6.07) is 0. The molecule has 14 atom stereocenters. The summed E-state index contributed by atoms with van der Waals surface area (Å²) in [7, 11) is 0. The zero-order valence-electron chi connectivity index (χ0n) is 33.1. The Balaban J connectivity index is 1.01. The lowest BCUT2D eigenvalue weighted by Gasteiger charge is -2.64. The molecule has 8 aliphatic rings. The van der Waals surface area contributed by atoms with Gasteiger partial charge in [0.25, 0.3) is 0 Å². The van der Waals surface area contributed by atoms with E-state index in [-0.39, 0.29) is 82.1 Å². The van der Waals surface area contributed by atoms with Gasteiger partial charge in [-0.25, -0.2) is 4.79 Å². The monoisotopic (exact) mass is 713 g/mol. The molecule has 1 N–H and O–H groups in total. The number of morpholine rings is 1. The first-order valence-corrected chi connectivity index (χ1v) is 20.9. The normalized spacial score (nSPS) is 48.8.